The van der Waals surface area contributed by atoms with Gasteiger partial charge in [0.15, 0.2) is 6.10 Å². The van der Waals surface area contributed by atoms with Crippen LogP contribution in [-0.2, 0) is 11.3 Å². The summed E-state index contributed by atoms with van der Waals surface area (Å²) in [5.74, 6) is -0.839. The number of ketones is 1. The average molecular weight is 385 g/mol. The number of ether oxygens (including phenoxy) is 1. The minimum Gasteiger partial charge on any atom is -0.448 e. The largest absolute Gasteiger partial charge is 0.448 e. The molecule has 0 amide bonds. The standard InChI is InChI=1S/C23H19N3O3/c1-16-11-13-18(14-12-16)23(28)29-21(22(27)17-7-3-2-4-8-17)15-26-20-10-6-5-9-19(20)24-25-26/h2-14,21H,15H2,1H3/t21-/m0/s1. The number of rotatable bonds is 6. The first kappa shape index (κ1) is 18.6. The monoisotopic (exact) mass is 385 g/mol. The van der Waals surface area contributed by atoms with Crippen LogP contribution in [0.3, 0.4) is 0 Å². The SMILES string of the molecule is Cc1ccc(C(=O)O[C@@H](Cn2nnc3ccccc32)C(=O)c2ccccc2)cc1. The molecule has 6 heteroatoms. The van der Waals surface area contributed by atoms with Crippen LogP contribution in [0.25, 0.3) is 11.0 Å². The fourth-order valence-corrected chi connectivity index (χ4v) is 3.06. The summed E-state index contributed by atoms with van der Waals surface area (Å²) in [5, 5.41) is 8.24. The number of para-hydroxylation sites is 1. The first-order chi connectivity index (χ1) is 14.1. The third-order valence-electron chi connectivity index (χ3n) is 4.65. The maximum Gasteiger partial charge on any atom is 0.338 e. The zero-order valence-corrected chi connectivity index (χ0v) is 15.9. The lowest BCUT2D eigenvalue weighted by Crippen LogP contribution is -2.32. The molecule has 29 heavy (non-hydrogen) atoms. The Morgan fingerprint density at radius 1 is 0.897 bits per heavy atom. The molecular formula is C23H19N3O3. The zero-order valence-electron chi connectivity index (χ0n) is 15.9. The normalized spacial score (nSPS) is 11.9. The molecule has 0 spiro atoms. The van der Waals surface area contributed by atoms with Gasteiger partial charge in [0, 0.05) is 5.56 Å². The molecule has 0 saturated heterocycles. The Morgan fingerprint density at radius 3 is 2.34 bits per heavy atom. The van der Waals surface area contributed by atoms with Crippen LogP contribution >= 0.6 is 0 Å². The van der Waals surface area contributed by atoms with Crippen LogP contribution in [0.15, 0.2) is 78.9 Å². The van der Waals surface area contributed by atoms with E-state index in [2.05, 4.69) is 10.3 Å². The second-order valence-electron chi connectivity index (χ2n) is 6.75. The number of benzene rings is 3. The number of aromatic nitrogens is 3. The van der Waals surface area contributed by atoms with Crippen LogP contribution in [-0.4, -0.2) is 32.9 Å². The lowest BCUT2D eigenvalue weighted by Gasteiger charge is -2.17. The second-order valence-corrected chi connectivity index (χ2v) is 6.75. The Bertz CT molecular complexity index is 1150. The minimum atomic E-state index is -1.03. The minimum absolute atomic E-state index is 0.0752. The summed E-state index contributed by atoms with van der Waals surface area (Å²) in [6.45, 7) is 2.01. The quantitative estimate of drug-likeness (QED) is 0.372. The third-order valence-corrected chi connectivity index (χ3v) is 4.65. The number of nitrogens with zero attached hydrogens (tertiary/aromatic N) is 3. The molecule has 0 saturated carbocycles. The van der Waals surface area contributed by atoms with Gasteiger partial charge in [-0.15, -0.1) is 5.10 Å². The summed E-state index contributed by atoms with van der Waals surface area (Å²) in [4.78, 5) is 25.8. The fraction of sp³-hybridized carbons (Fsp3) is 0.130. The van der Waals surface area contributed by atoms with E-state index in [1.165, 1.54) is 0 Å². The molecule has 0 aliphatic heterocycles. The smallest absolute Gasteiger partial charge is 0.338 e. The summed E-state index contributed by atoms with van der Waals surface area (Å²) >= 11 is 0. The molecule has 6 nitrogen and oxygen atoms in total. The van der Waals surface area contributed by atoms with Crippen molar-refractivity contribution in [2.45, 2.75) is 19.6 Å². The van der Waals surface area contributed by atoms with Crippen molar-refractivity contribution in [2.24, 2.45) is 0 Å². The Labute approximate surface area is 167 Å². The number of fused-ring (bicyclic) bond motifs is 1. The van der Waals surface area contributed by atoms with Crippen molar-refractivity contribution >= 4 is 22.8 Å². The van der Waals surface area contributed by atoms with Crippen molar-refractivity contribution in [2.75, 3.05) is 0 Å². The highest BCUT2D eigenvalue weighted by Gasteiger charge is 2.26. The molecule has 4 aromatic rings. The molecular weight excluding hydrogens is 366 g/mol. The number of aryl methyl sites for hydroxylation is 1. The van der Waals surface area contributed by atoms with E-state index in [-0.39, 0.29) is 12.3 Å². The molecule has 4 rings (SSSR count). The number of hydrogen-bond acceptors (Lipinski definition) is 5. The summed E-state index contributed by atoms with van der Waals surface area (Å²) < 4.78 is 7.22. The molecule has 0 bridgehead atoms. The van der Waals surface area contributed by atoms with Gasteiger partial charge in [-0.1, -0.05) is 65.4 Å². The van der Waals surface area contributed by atoms with E-state index in [4.69, 9.17) is 4.74 Å². The summed E-state index contributed by atoms with van der Waals surface area (Å²) in [7, 11) is 0. The van der Waals surface area contributed by atoms with E-state index < -0.39 is 12.1 Å². The fourth-order valence-electron chi connectivity index (χ4n) is 3.06. The molecule has 0 radical (unpaired) electrons. The first-order valence-corrected chi connectivity index (χ1v) is 9.27. The van der Waals surface area contributed by atoms with Crippen LogP contribution in [0.5, 0.6) is 0 Å². The van der Waals surface area contributed by atoms with Crippen molar-refractivity contribution in [3.05, 3.63) is 95.6 Å². The molecule has 1 heterocycles. The van der Waals surface area contributed by atoms with Crippen molar-refractivity contribution in [1.29, 1.82) is 0 Å². The number of esters is 1. The molecule has 3 aromatic carbocycles. The molecule has 0 unspecified atom stereocenters. The van der Waals surface area contributed by atoms with Crippen LogP contribution in [0.1, 0.15) is 26.3 Å². The number of hydrogen-bond donors (Lipinski definition) is 0. The van der Waals surface area contributed by atoms with E-state index in [9.17, 15) is 9.59 Å². The maximum atomic E-state index is 13.1. The van der Waals surface area contributed by atoms with Crippen molar-refractivity contribution in [1.82, 2.24) is 15.0 Å². The van der Waals surface area contributed by atoms with E-state index in [1.807, 2.05) is 49.4 Å². The van der Waals surface area contributed by atoms with Crippen molar-refractivity contribution in [3.8, 4) is 0 Å². The van der Waals surface area contributed by atoms with E-state index in [0.717, 1.165) is 11.1 Å². The number of Topliss-reactive ketones (excluding diaryl/α,β-unsaturated/α-hetero) is 1. The Hall–Kier alpha value is -3.80. The van der Waals surface area contributed by atoms with Crippen molar-refractivity contribution in [3.63, 3.8) is 0 Å². The van der Waals surface area contributed by atoms with Crippen LogP contribution < -0.4 is 0 Å². The van der Waals surface area contributed by atoms with Gasteiger partial charge in [0.25, 0.3) is 0 Å². The highest BCUT2D eigenvalue weighted by molar-refractivity contribution is 6.01. The molecule has 0 N–H and O–H groups in total. The molecule has 0 aliphatic rings. The lowest BCUT2D eigenvalue weighted by molar-refractivity contribution is 0.0245. The topological polar surface area (TPSA) is 74.1 Å². The molecule has 1 atom stereocenters. The van der Waals surface area contributed by atoms with Gasteiger partial charge >= 0.3 is 5.97 Å². The molecule has 0 fully saturated rings. The van der Waals surface area contributed by atoms with Crippen LogP contribution in [0, 0.1) is 6.92 Å². The highest BCUT2D eigenvalue weighted by Crippen LogP contribution is 2.16. The van der Waals surface area contributed by atoms with Crippen LogP contribution in [0.4, 0.5) is 0 Å². The molecule has 1 aromatic heterocycles. The van der Waals surface area contributed by atoms with Gasteiger partial charge in [0.05, 0.1) is 17.6 Å². The van der Waals surface area contributed by atoms with Crippen molar-refractivity contribution < 1.29 is 14.3 Å². The van der Waals surface area contributed by atoms with Gasteiger partial charge in [-0.25, -0.2) is 9.48 Å². The summed E-state index contributed by atoms with van der Waals surface area (Å²) in [5.41, 5.74) is 3.38. The second kappa shape index (κ2) is 8.06. The molecule has 144 valence electrons. The zero-order chi connectivity index (χ0) is 20.2. The van der Waals surface area contributed by atoms with E-state index in [0.29, 0.717) is 16.6 Å². The highest BCUT2D eigenvalue weighted by atomic mass is 16.5. The Balaban J connectivity index is 1.64. The lowest BCUT2D eigenvalue weighted by atomic mass is 10.1. The molecule has 0 aliphatic carbocycles. The Kier molecular flexibility index (Phi) is 5.16. The van der Waals surface area contributed by atoms with Gasteiger partial charge in [-0.3, -0.25) is 4.79 Å². The average Bonchev–Trinajstić information content (AvgIpc) is 3.17. The predicted molar refractivity (Wildman–Crippen MR) is 109 cm³/mol. The predicted octanol–water partition coefficient (Wildman–Crippen LogP) is 3.85. The Morgan fingerprint density at radius 2 is 1.59 bits per heavy atom. The number of carbonyl (C=O) groups is 2. The maximum absolute atomic E-state index is 13.1. The van der Waals surface area contributed by atoms with E-state index >= 15 is 0 Å². The van der Waals surface area contributed by atoms with Gasteiger partial charge in [-0.05, 0) is 31.2 Å². The van der Waals surface area contributed by atoms with Gasteiger partial charge in [0.1, 0.15) is 5.52 Å². The van der Waals surface area contributed by atoms with Gasteiger partial charge in [-0.2, -0.15) is 0 Å². The third kappa shape index (κ3) is 4.06. The van der Waals surface area contributed by atoms with E-state index in [1.54, 1.807) is 41.1 Å². The van der Waals surface area contributed by atoms with Crippen LogP contribution in [0.2, 0.25) is 0 Å². The number of carbonyl (C=O) groups excluding carboxylic acids is 2. The van der Waals surface area contributed by atoms with Gasteiger partial charge < -0.3 is 4.74 Å². The summed E-state index contributed by atoms with van der Waals surface area (Å²) in [6, 6.07) is 23.3. The summed E-state index contributed by atoms with van der Waals surface area (Å²) in [6.07, 6.45) is -1.03. The first-order valence-electron chi connectivity index (χ1n) is 9.27. The van der Waals surface area contributed by atoms with Gasteiger partial charge in [0.2, 0.25) is 5.78 Å².